The summed E-state index contributed by atoms with van der Waals surface area (Å²) < 4.78 is 12.2. The summed E-state index contributed by atoms with van der Waals surface area (Å²) in [4.78, 5) is 12.1. The number of ether oxygens (including phenoxy) is 2. The molecule has 0 saturated heterocycles. The Hall–Kier alpha value is -3.19. The highest BCUT2D eigenvalue weighted by atomic mass is 35.5. The van der Waals surface area contributed by atoms with Gasteiger partial charge < -0.3 is 20.1 Å². The van der Waals surface area contributed by atoms with Crippen LogP contribution in [0.25, 0.3) is 5.69 Å². The van der Waals surface area contributed by atoms with Gasteiger partial charge >= 0.3 is 6.03 Å². The zero-order valence-electron chi connectivity index (χ0n) is 15.6. The van der Waals surface area contributed by atoms with E-state index in [9.17, 15) is 4.79 Å². The van der Waals surface area contributed by atoms with Crippen molar-refractivity contribution in [3.63, 3.8) is 0 Å². The van der Waals surface area contributed by atoms with Crippen LogP contribution >= 0.6 is 11.6 Å². The van der Waals surface area contributed by atoms with E-state index in [0.29, 0.717) is 29.6 Å². The van der Waals surface area contributed by atoms with Gasteiger partial charge in [0, 0.05) is 41.5 Å². The zero-order chi connectivity index (χ0) is 19.9. The topological polar surface area (TPSA) is 77.4 Å². The number of benzene rings is 2. The molecule has 3 aromatic rings. The number of amides is 2. The van der Waals surface area contributed by atoms with Gasteiger partial charge in [0.15, 0.2) is 0 Å². The third-order valence-corrected chi connectivity index (χ3v) is 4.37. The van der Waals surface area contributed by atoms with Crippen molar-refractivity contribution in [1.82, 2.24) is 20.4 Å². The Morgan fingerprint density at radius 3 is 2.54 bits per heavy atom. The van der Waals surface area contributed by atoms with Gasteiger partial charge in [0.25, 0.3) is 0 Å². The second-order valence-corrected chi connectivity index (χ2v) is 6.42. The summed E-state index contributed by atoms with van der Waals surface area (Å²) in [6.45, 7) is 0.697. The first-order valence-electron chi connectivity index (χ1n) is 8.61. The molecule has 0 aliphatic heterocycles. The van der Waals surface area contributed by atoms with Crippen LogP contribution in [-0.4, -0.2) is 30.0 Å². The highest BCUT2D eigenvalue weighted by Crippen LogP contribution is 2.24. The molecule has 146 valence electrons. The Bertz CT molecular complexity index is 941. The van der Waals surface area contributed by atoms with Crippen molar-refractivity contribution in [2.24, 2.45) is 0 Å². The smallest absolute Gasteiger partial charge is 0.315 e. The Labute approximate surface area is 168 Å². The van der Waals surface area contributed by atoms with Gasteiger partial charge in [-0.2, -0.15) is 5.10 Å². The fourth-order valence-electron chi connectivity index (χ4n) is 2.60. The van der Waals surface area contributed by atoms with Gasteiger partial charge in [-0.15, -0.1) is 0 Å². The van der Waals surface area contributed by atoms with Gasteiger partial charge in [0.1, 0.15) is 11.5 Å². The molecule has 8 heteroatoms. The van der Waals surface area contributed by atoms with Crippen molar-refractivity contribution in [3.05, 3.63) is 71.0 Å². The Morgan fingerprint density at radius 2 is 1.82 bits per heavy atom. The highest BCUT2D eigenvalue weighted by Gasteiger charge is 2.08. The molecule has 0 saturated carbocycles. The van der Waals surface area contributed by atoms with Gasteiger partial charge in [0.05, 0.1) is 26.1 Å². The number of aromatic nitrogens is 2. The van der Waals surface area contributed by atoms with E-state index < -0.39 is 0 Å². The van der Waals surface area contributed by atoms with Crippen molar-refractivity contribution in [1.29, 1.82) is 0 Å². The maximum Gasteiger partial charge on any atom is 0.315 e. The number of carbonyl (C=O) groups is 1. The molecule has 0 aliphatic rings. The molecule has 2 N–H and O–H groups in total. The first kappa shape index (κ1) is 19.6. The molecule has 1 heterocycles. The van der Waals surface area contributed by atoms with Gasteiger partial charge in [-0.1, -0.05) is 11.6 Å². The summed E-state index contributed by atoms with van der Waals surface area (Å²) in [6.07, 6.45) is 3.57. The van der Waals surface area contributed by atoms with Crippen LogP contribution in [0.3, 0.4) is 0 Å². The minimum Gasteiger partial charge on any atom is -0.497 e. The zero-order valence-corrected chi connectivity index (χ0v) is 16.4. The minimum atomic E-state index is -0.280. The number of nitrogens with one attached hydrogen (secondary N) is 2. The predicted molar refractivity (Wildman–Crippen MR) is 107 cm³/mol. The van der Waals surface area contributed by atoms with Gasteiger partial charge in [-0.25, -0.2) is 9.48 Å². The molecule has 2 aromatic carbocycles. The molecule has 1 aromatic heterocycles. The van der Waals surface area contributed by atoms with Gasteiger partial charge in [-0.3, -0.25) is 0 Å². The van der Waals surface area contributed by atoms with Gasteiger partial charge in [0.2, 0.25) is 0 Å². The van der Waals surface area contributed by atoms with Crippen LogP contribution in [0.4, 0.5) is 4.79 Å². The average molecular weight is 401 g/mol. The van der Waals surface area contributed by atoms with E-state index >= 15 is 0 Å². The second-order valence-electron chi connectivity index (χ2n) is 5.98. The van der Waals surface area contributed by atoms with E-state index in [2.05, 4.69) is 15.7 Å². The third-order valence-electron chi connectivity index (χ3n) is 4.11. The van der Waals surface area contributed by atoms with E-state index in [4.69, 9.17) is 21.1 Å². The number of urea groups is 1. The van der Waals surface area contributed by atoms with Crippen LogP contribution < -0.4 is 20.1 Å². The third kappa shape index (κ3) is 4.95. The number of nitrogens with zero attached hydrogens (tertiary/aromatic N) is 2. The predicted octanol–water partition coefficient (Wildman–Crippen LogP) is 3.54. The summed E-state index contributed by atoms with van der Waals surface area (Å²) in [7, 11) is 3.17. The molecule has 0 aliphatic carbocycles. The summed E-state index contributed by atoms with van der Waals surface area (Å²) in [5, 5.41) is 10.6. The van der Waals surface area contributed by atoms with E-state index in [1.54, 1.807) is 43.3 Å². The molecule has 7 nitrogen and oxygen atoms in total. The molecule has 3 rings (SSSR count). The first-order chi connectivity index (χ1) is 13.6. The molecule has 0 atom stereocenters. The van der Waals surface area contributed by atoms with Gasteiger partial charge in [-0.05, 0) is 36.4 Å². The number of carbonyl (C=O) groups excluding carboxylic acids is 1. The van der Waals surface area contributed by atoms with Crippen molar-refractivity contribution in [3.8, 4) is 17.2 Å². The molecule has 0 unspecified atom stereocenters. The minimum absolute atomic E-state index is 0.280. The highest BCUT2D eigenvalue weighted by molar-refractivity contribution is 6.30. The number of halogens is 1. The number of hydrogen-bond donors (Lipinski definition) is 2. The molecule has 0 fully saturated rings. The van der Waals surface area contributed by atoms with Crippen molar-refractivity contribution >= 4 is 17.6 Å². The van der Waals surface area contributed by atoms with Crippen LogP contribution in [0.15, 0.2) is 54.9 Å². The summed E-state index contributed by atoms with van der Waals surface area (Å²) in [6, 6.07) is 12.5. The van der Waals surface area contributed by atoms with E-state index in [-0.39, 0.29) is 6.03 Å². The number of methoxy groups -OCH3 is 2. The molecule has 28 heavy (non-hydrogen) atoms. The normalized spacial score (nSPS) is 10.4. The van der Waals surface area contributed by atoms with E-state index in [0.717, 1.165) is 16.8 Å². The molecule has 2 amide bonds. The quantitative estimate of drug-likeness (QED) is 0.636. The Balaban J connectivity index is 1.52. The molecule has 0 bridgehead atoms. The SMILES string of the molecule is COc1ccc(CNC(=O)NCc2cnn(-c3ccc(Cl)cc3)c2)c(OC)c1. The summed E-state index contributed by atoms with van der Waals surface area (Å²) in [5.41, 5.74) is 2.63. The lowest BCUT2D eigenvalue weighted by atomic mass is 10.2. The summed E-state index contributed by atoms with van der Waals surface area (Å²) >= 11 is 5.90. The van der Waals surface area contributed by atoms with E-state index in [1.165, 1.54) is 0 Å². The number of rotatable bonds is 7. The van der Waals surface area contributed by atoms with Crippen molar-refractivity contribution in [2.45, 2.75) is 13.1 Å². The molecular formula is C20H21ClN4O3. The largest absolute Gasteiger partial charge is 0.497 e. The lowest BCUT2D eigenvalue weighted by Gasteiger charge is -2.11. The van der Waals surface area contributed by atoms with Crippen LogP contribution in [-0.2, 0) is 13.1 Å². The molecule has 0 radical (unpaired) electrons. The first-order valence-corrected chi connectivity index (χ1v) is 8.99. The second kappa shape index (κ2) is 9.14. The fourth-order valence-corrected chi connectivity index (χ4v) is 2.73. The monoisotopic (exact) mass is 400 g/mol. The summed E-state index contributed by atoms with van der Waals surface area (Å²) in [5.74, 6) is 1.35. The molecule has 0 spiro atoms. The van der Waals surface area contributed by atoms with Crippen molar-refractivity contribution in [2.75, 3.05) is 14.2 Å². The lowest BCUT2D eigenvalue weighted by Crippen LogP contribution is -2.34. The maximum absolute atomic E-state index is 12.1. The fraction of sp³-hybridized carbons (Fsp3) is 0.200. The Morgan fingerprint density at radius 1 is 1.07 bits per heavy atom. The molecular weight excluding hydrogens is 380 g/mol. The van der Waals surface area contributed by atoms with Crippen LogP contribution in [0, 0.1) is 0 Å². The average Bonchev–Trinajstić information content (AvgIpc) is 3.20. The lowest BCUT2D eigenvalue weighted by molar-refractivity contribution is 0.240. The van der Waals surface area contributed by atoms with E-state index in [1.807, 2.05) is 30.5 Å². The van der Waals surface area contributed by atoms with Crippen LogP contribution in [0.5, 0.6) is 11.5 Å². The number of hydrogen-bond acceptors (Lipinski definition) is 4. The Kier molecular flexibility index (Phi) is 6.39. The maximum atomic E-state index is 12.1. The van der Waals surface area contributed by atoms with Crippen molar-refractivity contribution < 1.29 is 14.3 Å². The standard InChI is InChI=1S/C20H21ClN4O3/c1-27-18-8-3-15(19(9-18)28-2)12-23-20(26)22-10-14-11-24-25(13-14)17-6-4-16(21)5-7-17/h3-9,11,13H,10,12H2,1-2H3,(H2,22,23,26). The van der Waals surface area contributed by atoms with Crippen LogP contribution in [0.1, 0.15) is 11.1 Å². The van der Waals surface area contributed by atoms with Crippen LogP contribution in [0.2, 0.25) is 5.02 Å².